The molecule has 1 aromatic heterocycles. The van der Waals surface area contributed by atoms with Gasteiger partial charge in [-0.25, -0.2) is 4.39 Å². The summed E-state index contributed by atoms with van der Waals surface area (Å²) in [6.45, 7) is 8.29. The molecule has 5 heteroatoms. The molecule has 0 spiro atoms. The maximum Gasteiger partial charge on any atom is 0.256 e. The topological polar surface area (TPSA) is 56.9 Å². The Bertz CT molecular complexity index is 833. The van der Waals surface area contributed by atoms with E-state index in [0.717, 1.165) is 22.6 Å². The zero-order valence-corrected chi connectivity index (χ0v) is 13.1. The monoisotopic (exact) mass is 311 g/mol. The Balaban J connectivity index is 2.05. The third-order valence-corrected chi connectivity index (χ3v) is 3.95. The van der Waals surface area contributed by atoms with Gasteiger partial charge in [-0.05, 0) is 43.7 Å². The van der Waals surface area contributed by atoms with Crippen LogP contribution in [0.3, 0.4) is 0 Å². The summed E-state index contributed by atoms with van der Waals surface area (Å²) in [7, 11) is 0. The fraction of sp³-hybridized carbons (Fsp3) is 0.167. The van der Waals surface area contributed by atoms with Crippen molar-refractivity contribution in [3.05, 3.63) is 59.2 Å². The lowest BCUT2D eigenvalue weighted by Crippen LogP contribution is -2.03. The van der Waals surface area contributed by atoms with E-state index in [1.54, 1.807) is 18.2 Å². The molecule has 0 atom stereocenters. The highest BCUT2D eigenvalue weighted by molar-refractivity contribution is 6.34. The van der Waals surface area contributed by atoms with E-state index >= 15 is 0 Å². The largest absolute Gasteiger partial charge is 0.380 e. The van der Waals surface area contributed by atoms with Crippen LogP contribution in [0, 0.1) is 19.7 Å². The Labute approximate surface area is 134 Å². The third kappa shape index (κ3) is 2.65. The van der Waals surface area contributed by atoms with Crippen molar-refractivity contribution >= 4 is 28.9 Å². The van der Waals surface area contributed by atoms with Crippen LogP contribution in [-0.4, -0.2) is 17.4 Å². The predicted octanol–water partition coefficient (Wildman–Crippen LogP) is 3.86. The van der Waals surface area contributed by atoms with Gasteiger partial charge in [-0.3, -0.25) is 4.79 Å². The summed E-state index contributed by atoms with van der Waals surface area (Å²) in [5.74, 6) is -0.586. The van der Waals surface area contributed by atoms with Crippen LogP contribution in [0.1, 0.15) is 22.5 Å². The summed E-state index contributed by atoms with van der Waals surface area (Å²) >= 11 is 0. The number of carbonyl (C=O) groups is 1. The molecule has 0 saturated heterocycles. The van der Waals surface area contributed by atoms with Crippen LogP contribution < -0.4 is 10.6 Å². The molecule has 0 unspecified atom stereocenters. The van der Waals surface area contributed by atoms with Gasteiger partial charge in [-0.2, -0.15) is 0 Å². The van der Waals surface area contributed by atoms with E-state index < -0.39 is 0 Å². The van der Waals surface area contributed by atoms with E-state index in [1.165, 1.54) is 12.1 Å². The van der Waals surface area contributed by atoms with Crippen LogP contribution in [-0.2, 0) is 4.79 Å². The lowest BCUT2D eigenvalue weighted by Gasteiger charge is -2.03. The Hall–Kier alpha value is -2.82. The van der Waals surface area contributed by atoms with Crippen molar-refractivity contribution < 1.29 is 9.18 Å². The number of hydrogen-bond donors (Lipinski definition) is 3. The van der Waals surface area contributed by atoms with Crippen molar-refractivity contribution in [1.29, 1.82) is 0 Å². The molecule has 1 aromatic carbocycles. The van der Waals surface area contributed by atoms with E-state index in [-0.39, 0.29) is 11.7 Å². The van der Waals surface area contributed by atoms with Gasteiger partial charge in [-0.15, -0.1) is 6.58 Å². The zero-order valence-electron chi connectivity index (χ0n) is 13.1. The van der Waals surface area contributed by atoms with Crippen molar-refractivity contribution in [1.82, 2.24) is 4.98 Å². The first-order valence-corrected chi connectivity index (χ1v) is 7.38. The molecule has 0 fully saturated rings. The SMILES string of the molecule is C=CCNc1c(C)[nH]c(/C=C2\C(=O)Nc3ccc(F)cc32)c1C. The maximum atomic E-state index is 13.5. The maximum absolute atomic E-state index is 13.5. The second-order valence-electron chi connectivity index (χ2n) is 5.54. The van der Waals surface area contributed by atoms with E-state index in [4.69, 9.17) is 0 Å². The summed E-state index contributed by atoms with van der Waals surface area (Å²) in [5, 5.41) is 6.03. The average molecular weight is 311 g/mol. The minimum atomic E-state index is -0.362. The number of halogens is 1. The summed E-state index contributed by atoms with van der Waals surface area (Å²) in [6, 6.07) is 4.29. The van der Waals surface area contributed by atoms with Crippen molar-refractivity contribution in [2.45, 2.75) is 13.8 Å². The molecule has 1 aliphatic heterocycles. The standard InChI is InChI=1S/C18H18FN3O/c1-4-7-20-17-10(2)16(21-11(17)3)9-14-13-8-12(19)5-6-15(13)22-18(14)23/h4-6,8-9,20-21H,1,7H2,2-3H3,(H,22,23)/b14-9-. The molecular formula is C18H18FN3O. The highest BCUT2D eigenvalue weighted by Gasteiger charge is 2.25. The number of aryl methyl sites for hydroxylation is 1. The van der Waals surface area contributed by atoms with Gasteiger partial charge in [0.25, 0.3) is 5.91 Å². The van der Waals surface area contributed by atoms with Crippen molar-refractivity contribution in [2.24, 2.45) is 0 Å². The van der Waals surface area contributed by atoms with Crippen LogP contribution in [0.5, 0.6) is 0 Å². The summed E-state index contributed by atoms with van der Waals surface area (Å²) in [5.41, 5.74) is 5.49. The number of anilines is 2. The first kappa shape index (κ1) is 15.1. The number of aromatic amines is 1. The summed E-state index contributed by atoms with van der Waals surface area (Å²) < 4.78 is 13.5. The van der Waals surface area contributed by atoms with Gasteiger partial charge in [0.2, 0.25) is 0 Å². The Morgan fingerprint density at radius 3 is 2.87 bits per heavy atom. The number of aromatic nitrogens is 1. The number of H-pyrrole nitrogens is 1. The van der Waals surface area contributed by atoms with E-state index in [0.29, 0.717) is 23.4 Å². The van der Waals surface area contributed by atoms with Gasteiger partial charge in [0.1, 0.15) is 5.82 Å². The predicted molar refractivity (Wildman–Crippen MR) is 91.9 cm³/mol. The molecule has 4 nitrogen and oxygen atoms in total. The number of hydrogen-bond acceptors (Lipinski definition) is 2. The molecule has 3 N–H and O–H groups in total. The van der Waals surface area contributed by atoms with Crippen molar-refractivity contribution in [3.8, 4) is 0 Å². The molecule has 1 amide bonds. The number of benzene rings is 1. The second-order valence-corrected chi connectivity index (χ2v) is 5.54. The molecule has 3 rings (SSSR count). The van der Waals surface area contributed by atoms with Crippen LogP contribution >= 0.6 is 0 Å². The number of rotatable bonds is 4. The molecule has 2 heterocycles. The number of carbonyl (C=O) groups excluding carboxylic acids is 1. The summed E-state index contributed by atoms with van der Waals surface area (Å²) in [4.78, 5) is 15.4. The van der Waals surface area contributed by atoms with Gasteiger partial charge in [0.15, 0.2) is 0 Å². The van der Waals surface area contributed by atoms with Crippen molar-refractivity contribution in [2.75, 3.05) is 17.2 Å². The fourth-order valence-electron chi connectivity index (χ4n) is 2.81. The minimum absolute atomic E-state index is 0.224. The van der Waals surface area contributed by atoms with Crippen LogP contribution in [0.4, 0.5) is 15.8 Å². The van der Waals surface area contributed by atoms with E-state index in [2.05, 4.69) is 22.2 Å². The molecule has 0 radical (unpaired) electrons. The van der Waals surface area contributed by atoms with E-state index in [9.17, 15) is 9.18 Å². The summed E-state index contributed by atoms with van der Waals surface area (Å²) in [6.07, 6.45) is 3.55. The molecule has 1 aliphatic rings. The average Bonchev–Trinajstić information content (AvgIpc) is 2.96. The van der Waals surface area contributed by atoms with E-state index in [1.807, 2.05) is 13.8 Å². The Kier molecular flexibility index (Phi) is 3.78. The smallest absolute Gasteiger partial charge is 0.256 e. The number of amides is 1. The Morgan fingerprint density at radius 2 is 2.13 bits per heavy atom. The molecular weight excluding hydrogens is 293 g/mol. The lowest BCUT2D eigenvalue weighted by molar-refractivity contribution is -0.110. The molecule has 0 saturated carbocycles. The molecule has 23 heavy (non-hydrogen) atoms. The first-order valence-electron chi connectivity index (χ1n) is 7.38. The van der Waals surface area contributed by atoms with Crippen molar-refractivity contribution in [3.63, 3.8) is 0 Å². The molecule has 0 bridgehead atoms. The first-order chi connectivity index (χ1) is 11.0. The normalized spacial score (nSPS) is 14.7. The molecule has 0 aliphatic carbocycles. The van der Waals surface area contributed by atoms with Gasteiger partial charge in [0.05, 0.1) is 11.3 Å². The second kappa shape index (κ2) is 5.76. The minimum Gasteiger partial charge on any atom is -0.380 e. The highest BCUT2D eigenvalue weighted by Crippen LogP contribution is 2.35. The highest BCUT2D eigenvalue weighted by atomic mass is 19.1. The van der Waals surface area contributed by atoms with Gasteiger partial charge in [-0.1, -0.05) is 6.08 Å². The quantitative estimate of drug-likeness (QED) is 0.593. The van der Waals surface area contributed by atoms with Gasteiger partial charge >= 0.3 is 0 Å². The lowest BCUT2D eigenvalue weighted by atomic mass is 10.0. The third-order valence-electron chi connectivity index (χ3n) is 3.95. The molecule has 2 aromatic rings. The molecule has 118 valence electrons. The van der Waals surface area contributed by atoms with Gasteiger partial charge < -0.3 is 15.6 Å². The van der Waals surface area contributed by atoms with Crippen LogP contribution in [0.15, 0.2) is 30.9 Å². The van der Waals surface area contributed by atoms with Crippen LogP contribution in [0.25, 0.3) is 11.6 Å². The fourth-order valence-corrected chi connectivity index (χ4v) is 2.81. The van der Waals surface area contributed by atoms with Gasteiger partial charge in [0, 0.05) is 29.2 Å². The number of nitrogens with one attached hydrogen (secondary N) is 3. The van der Waals surface area contributed by atoms with Crippen LogP contribution in [0.2, 0.25) is 0 Å². The number of fused-ring (bicyclic) bond motifs is 1. The Morgan fingerprint density at radius 1 is 1.35 bits per heavy atom. The zero-order chi connectivity index (χ0) is 16.6.